The van der Waals surface area contributed by atoms with Gasteiger partial charge < -0.3 is 10.2 Å². The minimum atomic E-state index is -0.821. The van der Waals surface area contributed by atoms with E-state index in [0.717, 1.165) is 54.8 Å². The van der Waals surface area contributed by atoms with Crippen LogP contribution in [0.2, 0.25) is 0 Å². The first kappa shape index (κ1) is 16.7. The highest BCUT2D eigenvalue weighted by Gasteiger charge is 2.19. The summed E-state index contributed by atoms with van der Waals surface area (Å²) in [7, 11) is 0. The van der Waals surface area contributed by atoms with Crippen molar-refractivity contribution in [3.8, 4) is 5.69 Å². The van der Waals surface area contributed by atoms with Gasteiger partial charge in [0.2, 0.25) is 0 Å². The Balaban J connectivity index is 1.96. The second kappa shape index (κ2) is 6.84. The summed E-state index contributed by atoms with van der Waals surface area (Å²) >= 11 is 0. The van der Waals surface area contributed by atoms with Crippen LogP contribution in [-0.2, 0) is 0 Å². The molecule has 0 spiro atoms. The van der Waals surface area contributed by atoms with Crippen LogP contribution in [-0.4, -0.2) is 36.0 Å². The lowest BCUT2D eigenvalue weighted by Gasteiger charge is -2.23. The van der Waals surface area contributed by atoms with Crippen molar-refractivity contribution in [2.75, 3.05) is 31.1 Å². The van der Waals surface area contributed by atoms with Crippen molar-refractivity contribution in [1.29, 1.82) is 0 Å². The summed E-state index contributed by atoms with van der Waals surface area (Å²) in [5.74, 6) is -0.884. The molecular formula is C19H18F2N4O. The number of halogens is 2. The molecule has 26 heavy (non-hydrogen) atoms. The van der Waals surface area contributed by atoms with E-state index in [9.17, 15) is 13.6 Å². The van der Waals surface area contributed by atoms with Gasteiger partial charge in [-0.2, -0.15) is 4.68 Å². The summed E-state index contributed by atoms with van der Waals surface area (Å²) in [5, 5.41) is 8.99. The first-order valence-corrected chi connectivity index (χ1v) is 8.58. The zero-order chi connectivity index (χ0) is 18.1. The minimum Gasteiger partial charge on any atom is -0.353 e. The van der Waals surface area contributed by atoms with Crippen LogP contribution in [0.25, 0.3) is 16.5 Å². The van der Waals surface area contributed by atoms with Crippen molar-refractivity contribution in [2.24, 2.45) is 0 Å². The first-order chi connectivity index (χ1) is 12.6. The Morgan fingerprint density at radius 3 is 2.62 bits per heavy atom. The molecule has 0 radical (unpaired) electrons. The summed E-state index contributed by atoms with van der Waals surface area (Å²) in [4.78, 5) is 15.0. The highest BCUT2D eigenvalue weighted by atomic mass is 19.1. The molecule has 0 bridgehead atoms. The fraction of sp³-hybridized carbons (Fsp3) is 0.263. The molecule has 2 aromatic carbocycles. The van der Waals surface area contributed by atoms with Crippen LogP contribution in [0.15, 0.2) is 47.3 Å². The maximum atomic E-state index is 14.3. The fourth-order valence-corrected chi connectivity index (χ4v) is 3.28. The lowest BCUT2D eigenvalue weighted by Crippen LogP contribution is -2.32. The number of benzene rings is 2. The number of hydrogen-bond donors (Lipinski definition) is 1. The van der Waals surface area contributed by atoms with Crippen LogP contribution in [0.1, 0.15) is 6.42 Å². The Morgan fingerprint density at radius 1 is 1.00 bits per heavy atom. The molecule has 1 aliphatic rings. The molecule has 1 fully saturated rings. The second-order valence-corrected chi connectivity index (χ2v) is 6.27. The minimum absolute atomic E-state index is 0.0589. The van der Waals surface area contributed by atoms with Gasteiger partial charge >= 0.3 is 0 Å². The van der Waals surface area contributed by atoms with E-state index in [1.165, 1.54) is 6.07 Å². The molecular weight excluding hydrogens is 338 g/mol. The number of rotatable bonds is 2. The Bertz CT molecular complexity index is 1010. The van der Waals surface area contributed by atoms with Gasteiger partial charge in [0, 0.05) is 31.1 Å². The summed E-state index contributed by atoms with van der Waals surface area (Å²) in [5.41, 5.74) is -0.487. The van der Waals surface area contributed by atoms with Crippen LogP contribution < -0.4 is 15.8 Å². The standard InChI is InChI=1S/C19H18F2N4O/c20-13-6-7-17(16(21)12-13)25-19(26)15-5-2-1-4-14(15)18(23-25)24-10-3-8-22-9-11-24/h1-2,4-7,12,22H,3,8-11H2. The third-order valence-corrected chi connectivity index (χ3v) is 4.56. The highest BCUT2D eigenvalue weighted by molar-refractivity contribution is 5.91. The monoisotopic (exact) mass is 356 g/mol. The molecule has 3 aromatic rings. The summed E-state index contributed by atoms with van der Waals surface area (Å²) in [6.45, 7) is 3.25. The van der Waals surface area contributed by atoms with Crippen LogP contribution in [0.4, 0.5) is 14.6 Å². The van der Waals surface area contributed by atoms with E-state index < -0.39 is 17.2 Å². The molecule has 2 heterocycles. The smallest absolute Gasteiger partial charge is 0.279 e. The molecule has 0 saturated carbocycles. The molecule has 7 heteroatoms. The van der Waals surface area contributed by atoms with Gasteiger partial charge in [-0.05, 0) is 31.2 Å². The second-order valence-electron chi connectivity index (χ2n) is 6.27. The van der Waals surface area contributed by atoms with E-state index >= 15 is 0 Å². The SMILES string of the molecule is O=c1c2ccccc2c(N2CCCNCC2)nn1-c1ccc(F)cc1F. The number of nitrogens with one attached hydrogen (secondary N) is 1. The van der Waals surface area contributed by atoms with Gasteiger partial charge in [0.05, 0.1) is 5.39 Å². The van der Waals surface area contributed by atoms with Crippen LogP contribution in [0.3, 0.4) is 0 Å². The molecule has 134 valence electrons. The first-order valence-electron chi connectivity index (χ1n) is 8.58. The zero-order valence-corrected chi connectivity index (χ0v) is 14.1. The van der Waals surface area contributed by atoms with E-state index in [4.69, 9.17) is 0 Å². The highest BCUT2D eigenvalue weighted by Crippen LogP contribution is 2.24. The van der Waals surface area contributed by atoms with Gasteiger partial charge in [0.15, 0.2) is 11.6 Å². The molecule has 1 aliphatic heterocycles. The molecule has 4 rings (SSSR count). The Hall–Kier alpha value is -2.80. The molecule has 5 nitrogen and oxygen atoms in total. The maximum absolute atomic E-state index is 14.3. The summed E-state index contributed by atoms with van der Waals surface area (Å²) in [6.07, 6.45) is 0.944. The molecule has 0 unspecified atom stereocenters. The van der Waals surface area contributed by atoms with E-state index in [2.05, 4.69) is 15.3 Å². The van der Waals surface area contributed by atoms with Gasteiger partial charge in [0.25, 0.3) is 5.56 Å². The van der Waals surface area contributed by atoms with Crippen LogP contribution >= 0.6 is 0 Å². The van der Waals surface area contributed by atoms with Gasteiger partial charge in [0.1, 0.15) is 11.5 Å². The van der Waals surface area contributed by atoms with Crippen LogP contribution in [0.5, 0.6) is 0 Å². The van der Waals surface area contributed by atoms with E-state index in [1.54, 1.807) is 12.1 Å². The molecule has 1 saturated heterocycles. The van der Waals surface area contributed by atoms with E-state index in [1.807, 2.05) is 12.1 Å². The van der Waals surface area contributed by atoms with Gasteiger partial charge in [-0.1, -0.05) is 18.2 Å². The molecule has 1 N–H and O–H groups in total. The predicted octanol–water partition coefficient (Wildman–Crippen LogP) is 2.46. The lowest BCUT2D eigenvalue weighted by molar-refractivity contribution is 0.571. The van der Waals surface area contributed by atoms with Gasteiger partial charge in [-0.15, -0.1) is 5.10 Å². The van der Waals surface area contributed by atoms with Crippen molar-refractivity contribution in [3.05, 3.63) is 64.5 Å². The van der Waals surface area contributed by atoms with Crippen molar-refractivity contribution in [2.45, 2.75) is 6.42 Å². The van der Waals surface area contributed by atoms with Crippen LogP contribution in [0, 0.1) is 11.6 Å². The third kappa shape index (κ3) is 2.94. The third-order valence-electron chi connectivity index (χ3n) is 4.56. The largest absolute Gasteiger partial charge is 0.353 e. The molecule has 0 amide bonds. The van der Waals surface area contributed by atoms with Crippen molar-refractivity contribution in [1.82, 2.24) is 15.1 Å². The number of anilines is 1. The maximum Gasteiger partial charge on any atom is 0.279 e. The summed E-state index contributed by atoms with van der Waals surface area (Å²) in [6, 6.07) is 10.3. The number of aromatic nitrogens is 2. The van der Waals surface area contributed by atoms with Gasteiger partial charge in [-0.3, -0.25) is 4.79 Å². The number of hydrogen-bond acceptors (Lipinski definition) is 4. The predicted molar refractivity (Wildman–Crippen MR) is 97.0 cm³/mol. The summed E-state index contributed by atoms with van der Waals surface area (Å²) < 4.78 is 28.6. The Morgan fingerprint density at radius 2 is 1.81 bits per heavy atom. The average Bonchev–Trinajstić information content (AvgIpc) is 2.92. The van der Waals surface area contributed by atoms with Crippen molar-refractivity contribution in [3.63, 3.8) is 0 Å². The number of nitrogens with zero attached hydrogens (tertiary/aromatic N) is 3. The Kier molecular flexibility index (Phi) is 4.38. The topological polar surface area (TPSA) is 50.2 Å². The zero-order valence-electron chi connectivity index (χ0n) is 14.1. The molecule has 1 aromatic heterocycles. The average molecular weight is 356 g/mol. The molecule has 0 aliphatic carbocycles. The Labute approximate surface area is 148 Å². The van der Waals surface area contributed by atoms with Gasteiger partial charge in [-0.25, -0.2) is 8.78 Å². The normalized spacial score (nSPS) is 15.2. The fourth-order valence-electron chi connectivity index (χ4n) is 3.28. The quantitative estimate of drug-likeness (QED) is 0.766. The molecule has 0 atom stereocenters. The lowest BCUT2D eigenvalue weighted by atomic mass is 10.1. The number of fused-ring (bicyclic) bond motifs is 1. The van der Waals surface area contributed by atoms with Crippen molar-refractivity contribution < 1.29 is 8.78 Å². The van der Waals surface area contributed by atoms with E-state index in [-0.39, 0.29) is 5.69 Å². The van der Waals surface area contributed by atoms with E-state index in [0.29, 0.717) is 11.2 Å². The van der Waals surface area contributed by atoms with Crippen molar-refractivity contribution >= 4 is 16.6 Å².